The van der Waals surface area contributed by atoms with Crippen LogP contribution in [0.5, 0.6) is 0 Å². The second kappa shape index (κ2) is 3.69. The molecular formula is C13H23NO2. The molecule has 1 spiro atoms. The first-order valence-electron chi connectivity index (χ1n) is 6.63. The second-order valence-corrected chi connectivity index (χ2v) is 6.26. The highest BCUT2D eigenvalue weighted by atomic mass is 16.6. The van der Waals surface area contributed by atoms with Crippen molar-refractivity contribution in [3.05, 3.63) is 0 Å². The second-order valence-electron chi connectivity index (χ2n) is 6.26. The summed E-state index contributed by atoms with van der Waals surface area (Å²) in [4.78, 5) is 0. The molecule has 2 atom stereocenters. The molecule has 0 amide bonds. The normalized spacial score (nSPS) is 43.5. The highest BCUT2D eigenvalue weighted by molar-refractivity contribution is 5.07. The third-order valence-electron chi connectivity index (χ3n) is 4.48. The van der Waals surface area contributed by atoms with Gasteiger partial charge in [-0.2, -0.15) is 0 Å². The smallest absolute Gasteiger partial charge is 0.110 e. The lowest BCUT2D eigenvalue weighted by atomic mass is 9.71. The Morgan fingerprint density at radius 3 is 2.56 bits per heavy atom. The van der Waals surface area contributed by atoms with Crippen molar-refractivity contribution in [1.82, 2.24) is 5.32 Å². The van der Waals surface area contributed by atoms with Gasteiger partial charge in [-0.1, -0.05) is 6.42 Å². The van der Waals surface area contributed by atoms with Gasteiger partial charge in [-0.05, 0) is 32.6 Å². The zero-order chi connectivity index (χ0) is 11.2. The molecule has 3 heteroatoms. The van der Waals surface area contributed by atoms with Gasteiger partial charge in [-0.15, -0.1) is 0 Å². The van der Waals surface area contributed by atoms with Crippen LogP contribution in [0.15, 0.2) is 0 Å². The Balaban J connectivity index is 1.79. The lowest BCUT2D eigenvalue weighted by Crippen LogP contribution is -2.62. The Morgan fingerprint density at radius 1 is 1.19 bits per heavy atom. The quantitative estimate of drug-likeness (QED) is 0.737. The molecule has 2 heterocycles. The third-order valence-corrected chi connectivity index (χ3v) is 4.48. The Morgan fingerprint density at radius 2 is 2.00 bits per heavy atom. The largest absolute Gasteiger partial charge is 0.372 e. The molecule has 2 unspecified atom stereocenters. The number of morpholine rings is 1. The van der Waals surface area contributed by atoms with E-state index >= 15 is 0 Å². The first-order valence-corrected chi connectivity index (χ1v) is 6.63. The molecule has 3 fully saturated rings. The minimum atomic E-state index is -0.0349. The molecule has 0 aromatic heterocycles. The molecule has 16 heavy (non-hydrogen) atoms. The van der Waals surface area contributed by atoms with Crippen molar-refractivity contribution in [2.24, 2.45) is 5.92 Å². The lowest BCUT2D eigenvalue weighted by Gasteiger charge is -2.48. The zero-order valence-electron chi connectivity index (χ0n) is 10.4. The van der Waals surface area contributed by atoms with E-state index in [-0.39, 0.29) is 11.2 Å². The van der Waals surface area contributed by atoms with E-state index in [2.05, 4.69) is 19.2 Å². The standard InChI is InChI=1S/C13H23NO2/c1-12(2)8-13(9-16-12)11(10-4-3-5-10)14-6-7-15-13/h10-11,14H,3-9H2,1-2H3. The van der Waals surface area contributed by atoms with E-state index in [0.717, 1.165) is 32.1 Å². The van der Waals surface area contributed by atoms with Gasteiger partial charge in [0.25, 0.3) is 0 Å². The number of ether oxygens (including phenoxy) is 2. The van der Waals surface area contributed by atoms with Gasteiger partial charge < -0.3 is 14.8 Å². The maximum absolute atomic E-state index is 6.14. The van der Waals surface area contributed by atoms with Crippen molar-refractivity contribution in [2.75, 3.05) is 19.8 Å². The number of nitrogens with one attached hydrogen (secondary N) is 1. The van der Waals surface area contributed by atoms with Crippen LogP contribution < -0.4 is 5.32 Å². The maximum Gasteiger partial charge on any atom is 0.110 e. The summed E-state index contributed by atoms with van der Waals surface area (Å²) in [5.41, 5.74) is -0.0478. The van der Waals surface area contributed by atoms with E-state index in [1.54, 1.807) is 0 Å². The molecule has 3 rings (SSSR count). The van der Waals surface area contributed by atoms with Gasteiger partial charge in [0.2, 0.25) is 0 Å². The molecule has 0 aromatic rings. The van der Waals surface area contributed by atoms with Crippen LogP contribution in [0.1, 0.15) is 39.5 Å². The summed E-state index contributed by atoms with van der Waals surface area (Å²) in [5, 5.41) is 3.69. The Hall–Kier alpha value is -0.120. The number of hydrogen-bond donors (Lipinski definition) is 1. The summed E-state index contributed by atoms with van der Waals surface area (Å²) in [6.45, 7) is 6.97. The zero-order valence-corrected chi connectivity index (χ0v) is 10.4. The van der Waals surface area contributed by atoms with Gasteiger partial charge in [0.05, 0.1) is 18.8 Å². The predicted octanol–water partition coefficient (Wildman–Crippen LogP) is 1.71. The molecular weight excluding hydrogens is 202 g/mol. The molecule has 0 aromatic carbocycles. The summed E-state index contributed by atoms with van der Waals surface area (Å²) >= 11 is 0. The number of rotatable bonds is 1. The first-order chi connectivity index (χ1) is 7.61. The van der Waals surface area contributed by atoms with E-state index in [4.69, 9.17) is 9.47 Å². The molecule has 2 saturated heterocycles. The van der Waals surface area contributed by atoms with Crippen molar-refractivity contribution < 1.29 is 9.47 Å². The molecule has 1 saturated carbocycles. The molecule has 0 radical (unpaired) electrons. The van der Waals surface area contributed by atoms with E-state index < -0.39 is 0 Å². The van der Waals surface area contributed by atoms with E-state index in [9.17, 15) is 0 Å². The fraction of sp³-hybridized carbons (Fsp3) is 1.00. The monoisotopic (exact) mass is 225 g/mol. The van der Waals surface area contributed by atoms with E-state index in [1.807, 2.05) is 0 Å². The maximum atomic E-state index is 6.14. The van der Waals surface area contributed by atoms with E-state index in [1.165, 1.54) is 19.3 Å². The molecule has 1 N–H and O–H groups in total. The number of hydrogen-bond acceptors (Lipinski definition) is 3. The van der Waals surface area contributed by atoms with Gasteiger partial charge in [0.1, 0.15) is 5.60 Å². The van der Waals surface area contributed by atoms with Gasteiger partial charge in [0, 0.05) is 19.0 Å². The molecule has 0 bridgehead atoms. The van der Waals surface area contributed by atoms with Crippen molar-refractivity contribution >= 4 is 0 Å². The van der Waals surface area contributed by atoms with Crippen LogP contribution in [-0.4, -0.2) is 37.0 Å². The van der Waals surface area contributed by atoms with Crippen LogP contribution in [0.25, 0.3) is 0 Å². The summed E-state index contributed by atoms with van der Waals surface area (Å²) in [5.74, 6) is 0.817. The Labute approximate surface area is 97.9 Å². The minimum Gasteiger partial charge on any atom is -0.372 e. The van der Waals surface area contributed by atoms with Crippen molar-refractivity contribution in [1.29, 1.82) is 0 Å². The molecule has 2 aliphatic heterocycles. The van der Waals surface area contributed by atoms with Gasteiger partial charge in [-0.3, -0.25) is 0 Å². The van der Waals surface area contributed by atoms with Crippen LogP contribution in [-0.2, 0) is 9.47 Å². The summed E-state index contributed by atoms with van der Waals surface area (Å²) in [6.07, 6.45) is 5.16. The molecule has 3 nitrogen and oxygen atoms in total. The molecule has 1 aliphatic carbocycles. The van der Waals surface area contributed by atoms with Crippen molar-refractivity contribution in [3.8, 4) is 0 Å². The van der Waals surface area contributed by atoms with Crippen LogP contribution in [0.3, 0.4) is 0 Å². The third kappa shape index (κ3) is 1.69. The Bertz CT molecular complexity index is 275. The van der Waals surface area contributed by atoms with Crippen LogP contribution >= 0.6 is 0 Å². The van der Waals surface area contributed by atoms with E-state index in [0.29, 0.717) is 6.04 Å². The summed E-state index contributed by atoms with van der Waals surface area (Å²) < 4.78 is 12.1. The molecule has 92 valence electrons. The highest BCUT2D eigenvalue weighted by Crippen LogP contribution is 2.44. The SMILES string of the molecule is CC1(C)CC2(CO1)OCCNC2C1CCC1. The predicted molar refractivity (Wildman–Crippen MR) is 62.5 cm³/mol. The average Bonchev–Trinajstić information content (AvgIpc) is 2.44. The van der Waals surface area contributed by atoms with Gasteiger partial charge >= 0.3 is 0 Å². The van der Waals surface area contributed by atoms with Gasteiger partial charge in [-0.25, -0.2) is 0 Å². The van der Waals surface area contributed by atoms with Crippen molar-refractivity contribution in [2.45, 2.75) is 56.8 Å². The fourth-order valence-electron chi connectivity index (χ4n) is 3.55. The lowest BCUT2D eigenvalue weighted by molar-refractivity contribution is -0.118. The van der Waals surface area contributed by atoms with Crippen LogP contribution in [0, 0.1) is 5.92 Å². The van der Waals surface area contributed by atoms with Crippen LogP contribution in [0.2, 0.25) is 0 Å². The van der Waals surface area contributed by atoms with Gasteiger partial charge in [0.15, 0.2) is 0 Å². The first kappa shape index (κ1) is 11.0. The average molecular weight is 225 g/mol. The summed E-state index contributed by atoms with van der Waals surface area (Å²) in [6, 6.07) is 0.525. The highest BCUT2D eigenvalue weighted by Gasteiger charge is 2.54. The topological polar surface area (TPSA) is 30.5 Å². The fourth-order valence-corrected chi connectivity index (χ4v) is 3.55. The van der Waals surface area contributed by atoms with Crippen LogP contribution in [0.4, 0.5) is 0 Å². The Kier molecular flexibility index (Phi) is 2.54. The van der Waals surface area contributed by atoms with Crippen molar-refractivity contribution in [3.63, 3.8) is 0 Å². The minimum absolute atomic E-state index is 0.0129. The summed E-state index contributed by atoms with van der Waals surface area (Å²) in [7, 11) is 0. The molecule has 3 aliphatic rings.